The van der Waals surface area contributed by atoms with Gasteiger partial charge in [-0.25, -0.2) is 8.78 Å². The van der Waals surface area contributed by atoms with Crippen molar-refractivity contribution in [1.82, 2.24) is 14.8 Å². The van der Waals surface area contributed by atoms with Gasteiger partial charge in [0.1, 0.15) is 17.5 Å². The first-order valence-corrected chi connectivity index (χ1v) is 10.1. The Labute approximate surface area is 175 Å². The molecular formula is C20H19F2N5O2S. The van der Waals surface area contributed by atoms with Gasteiger partial charge in [0.25, 0.3) is 0 Å². The zero-order chi connectivity index (χ0) is 21.5. The summed E-state index contributed by atoms with van der Waals surface area (Å²) in [7, 11) is 0. The predicted molar refractivity (Wildman–Crippen MR) is 110 cm³/mol. The second-order valence-electron chi connectivity index (χ2n) is 6.22. The van der Waals surface area contributed by atoms with Crippen molar-refractivity contribution in [3.63, 3.8) is 0 Å². The third kappa shape index (κ3) is 5.86. The lowest BCUT2D eigenvalue weighted by molar-refractivity contribution is -0.116. The molecule has 2 amide bonds. The highest BCUT2D eigenvalue weighted by molar-refractivity contribution is 7.99. The van der Waals surface area contributed by atoms with Crippen molar-refractivity contribution < 1.29 is 18.4 Å². The first-order valence-electron chi connectivity index (χ1n) is 9.10. The van der Waals surface area contributed by atoms with E-state index in [1.165, 1.54) is 60.3 Å². The molecule has 0 aliphatic carbocycles. The Morgan fingerprint density at radius 3 is 1.97 bits per heavy atom. The summed E-state index contributed by atoms with van der Waals surface area (Å²) in [5, 5.41) is 14.0. The molecule has 3 rings (SSSR count). The molecule has 0 unspecified atom stereocenters. The number of carbonyl (C=O) groups is 2. The van der Waals surface area contributed by atoms with E-state index in [4.69, 9.17) is 0 Å². The lowest BCUT2D eigenvalue weighted by Gasteiger charge is -2.08. The number of anilines is 2. The molecule has 1 aromatic heterocycles. The fourth-order valence-electron chi connectivity index (χ4n) is 2.62. The van der Waals surface area contributed by atoms with Crippen LogP contribution in [0.1, 0.15) is 12.7 Å². The van der Waals surface area contributed by atoms with Gasteiger partial charge in [-0.15, -0.1) is 10.2 Å². The van der Waals surface area contributed by atoms with E-state index in [-0.39, 0.29) is 35.6 Å². The van der Waals surface area contributed by atoms with E-state index in [1.807, 2.05) is 6.92 Å². The fraction of sp³-hybridized carbons (Fsp3) is 0.200. The van der Waals surface area contributed by atoms with Crippen LogP contribution < -0.4 is 10.6 Å². The number of amides is 2. The lowest BCUT2D eigenvalue weighted by Crippen LogP contribution is -2.18. The van der Waals surface area contributed by atoms with Gasteiger partial charge in [0.2, 0.25) is 11.8 Å². The van der Waals surface area contributed by atoms with Crippen LogP contribution in [0.2, 0.25) is 0 Å². The van der Waals surface area contributed by atoms with Crippen LogP contribution in [0.15, 0.2) is 53.7 Å². The molecule has 7 nitrogen and oxygen atoms in total. The van der Waals surface area contributed by atoms with Crippen LogP contribution in [-0.2, 0) is 22.6 Å². The minimum absolute atomic E-state index is 0.0133. The normalized spacial score (nSPS) is 10.6. The van der Waals surface area contributed by atoms with Crippen LogP contribution in [0.4, 0.5) is 20.2 Å². The summed E-state index contributed by atoms with van der Waals surface area (Å²) in [6, 6.07) is 10.9. The number of hydrogen-bond donors (Lipinski definition) is 2. The number of aromatic nitrogens is 3. The Bertz CT molecular complexity index is 1020. The lowest BCUT2D eigenvalue weighted by atomic mass is 10.3. The largest absolute Gasteiger partial charge is 0.326 e. The first-order chi connectivity index (χ1) is 14.4. The number of carbonyl (C=O) groups excluding carboxylic acids is 2. The number of thioether (sulfide) groups is 1. The van der Waals surface area contributed by atoms with Gasteiger partial charge in [-0.3, -0.25) is 9.59 Å². The van der Waals surface area contributed by atoms with Crippen molar-refractivity contribution in [2.75, 3.05) is 16.4 Å². The molecule has 30 heavy (non-hydrogen) atoms. The zero-order valence-corrected chi connectivity index (χ0v) is 16.9. The number of nitrogens with one attached hydrogen (secondary N) is 2. The number of halogens is 2. The van der Waals surface area contributed by atoms with Crippen LogP contribution in [-0.4, -0.2) is 32.3 Å². The van der Waals surface area contributed by atoms with Gasteiger partial charge in [-0.05, 0) is 55.5 Å². The molecular weight excluding hydrogens is 412 g/mol. The topological polar surface area (TPSA) is 88.9 Å². The van der Waals surface area contributed by atoms with E-state index < -0.39 is 0 Å². The van der Waals surface area contributed by atoms with Gasteiger partial charge in [0.05, 0.1) is 12.2 Å². The Hall–Kier alpha value is -3.27. The van der Waals surface area contributed by atoms with Gasteiger partial charge in [0.15, 0.2) is 5.16 Å². The average molecular weight is 431 g/mol. The number of hydrogen-bond acceptors (Lipinski definition) is 5. The van der Waals surface area contributed by atoms with Crippen molar-refractivity contribution >= 4 is 35.0 Å². The van der Waals surface area contributed by atoms with Crippen molar-refractivity contribution in [1.29, 1.82) is 0 Å². The van der Waals surface area contributed by atoms with Crippen LogP contribution in [0, 0.1) is 11.6 Å². The summed E-state index contributed by atoms with van der Waals surface area (Å²) in [6.07, 6.45) is -0.0133. The molecule has 0 saturated carbocycles. The van der Waals surface area contributed by atoms with E-state index in [0.29, 0.717) is 28.9 Å². The SMILES string of the molecule is CCn1c(CC(=O)Nc2ccc(F)cc2)nnc1SCC(=O)Nc1ccc(F)cc1. The van der Waals surface area contributed by atoms with E-state index in [0.717, 1.165) is 0 Å². The molecule has 0 spiro atoms. The Morgan fingerprint density at radius 1 is 0.900 bits per heavy atom. The highest BCUT2D eigenvalue weighted by Gasteiger charge is 2.16. The molecule has 0 radical (unpaired) electrons. The van der Waals surface area contributed by atoms with Crippen LogP contribution in [0.3, 0.4) is 0 Å². The average Bonchev–Trinajstić information content (AvgIpc) is 3.11. The summed E-state index contributed by atoms with van der Waals surface area (Å²) in [5.74, 6) is -0.809. The second kappa shape index (κ2) is 9.97. The Balaban J connectivity index is 1.56. The molecule has 0 bridgehead atoms. The molecule has 0 saturated heterocycles. The van der Waals surface area contributed by atoms with Gasteiger partial charge in [-0.1, -0.05) is 11.8 Å². The molecule has 156 valence electrons. The summed E-state index contributed by atoms with van der Waals surface area (Å²) in [6.45, 7) is 2.40. The molecule has 0 aliphatic heterocycles. The molecule has 1 heterocycles. The Morgan fingerprint density at radius 2 is 1.43 bits per heavy atom. The molecule has 3 aromatic rings. The van der Waals surface area contributed by atoms with E-state index in [1.54, 1.807) is 4.57 Å². The van der Waals surface area contributed by atoms with E-state index >= 15 is 0 Å². The first kappa shape index (κ1) is 21.4. The minimum Gasteiger partial charge on any atom is -0.326 e. The summed E-state index contributed by atoms with van der Waals surface area (Å²) >= 11 is 1.19. The third-order valence-electron chi connectivity index (χ3n) is 4.02. The maximum atomic E-state index is 13.0. The minimum atomic E-state index is -0.385. The standard InChI is InChI=1S/C20H19F2N5O2S/c1-2-27-17(11-18(28)23-15-7-3-13(21)4-8-15)25-26-20(27)30-12-19(29)24-16-9-5-14(22)6-10-16/h3-10H,2,11-12H2,1H3,(H,23,28)(H,24,29). The van der Waals surface area contributed by atoms with Crippen molar-refractivity contribution in [3.8, 4) is 0 Å². The summed E-state index contributed by atoms with van der Waals surface area (Å²) in [4.78, 5) is 24.4. The van der Waals surface area contributed by atoms with Gasteiger partial charge >= 0.3 is 0 Å². The van der Waals surface area contributed by atoms with E-state index in [2.05, 4.69) is 20.8 Å². The zero-order valence-electron chi connectivity index (χ0n) is 16.1. The molecule has 10 heteroatoms. The molecule has 0 fully saturated rings. The molecule has 0 atom stereocenters. The van der Waals surface area contributed by atoms with Crippen molar-refractivity contribution in [2.45, 2.75) is 25.0 Å². The number of rotatable bonds is 8. The number of nitrogens with zero attached hydrogens (tertiary/aromatic N) is 3. The summed E-state index contributed by atoms with van der Waals surface area (Å²) < 4.78 is 27.6. The van der Waals surface area contributed by atoms with Crippen molar-refractivity contribution in [2.24, 2.45) is 0 Å². The van der Waals surface area contributed by atoms with Crippen LogP contribution in [0.5, 0.6) is 0 Å². The number of benzene rings is 2. The van der Waals surface area contributed by atoms with Gasteiger partial charge in [0, 0.05) is 17.9 Å². The second-order valence-corrected chi connectivity index (χ2v) is 7.16. The Kier molecular flexibility index (Phi) is 7.12. The van der Waals surface area contributed by atoms with E-state index in [9.17, 15) is 18.4 Å². The quantitative estimate of drug-likeness (QED) is 0.533. The van der Waals surface area contributed by atoms with Crippen LogP contribution in [0.25, 0.3) is 0 Å². The predicted octanol–water partition coefficient (Wildman–Crippen LogP) is 3.49. The maximum Gasteiger partial charge on any atom is 0.234 e. The third-order valence-corrected chi connectivity index (χ3v) is 4.98. The summed E-state index contributed by atoms with van der Waals surface area (Å²) in [5.41, 5.74) is 0.980. The molecule has 0 aliphatic rings. The monoisotopic (exact) mass is 431 g/mol. The van der Waals surface area contributed by atoms with Crippen LogP contribution >= 0.6 is 11.8 Å². The highest BCUT2D eigenvalue weighted by Crippen LogP contribution is 2.18. The van der Waals surface area contributed by atoms with Gasteiger partial charge < -0.3 is 15.2 Å². The molecule has 2 N–H and O–H groups in total. The smallest absolute Gasteiger partial charge is 0.234 e. The maximum absolute atomic E-state index is 13.0. The molecule has 2 aromatic carbocycles. The van der Waals surface area contributed by atoms with Gasteiger partial charge in [-0.2, -0.15) is 0 Å². The van der Waals surface area contributed by atoms with Crippen molar-refractivity contribution in [3.05, 3.63) is 66.0 Å². The highest BCUT2D eigenvalue weighted by atomic mass is 32.2. The fourth-order valence-corrected chi connectivity index (χ4v) is 3.44.